The van der Waals surface area contributed by atoms with E-state index in [1.807, 2.05) is 0 Å². The molecule has 3 rings (SSSR count). The lowest BCUT2D eigenvalue weighted by Gasteiger charge is -2.05. The Kier molecular flexibility index (Phi) is 3.13. The molecule has 2 N–H and O–H groups in total. The van der Waals surface area contributed by atoms with E-state index < -0.39 is 17.5 Å². The minimum absolute atomic E-state index is 0.00611. The number of hydrogen-bond acceptors (Lipinski definition) is 3. The van der Waals surface area contributed by atoms with Crippen molar-refractivity contribution < 1.29 is 17.7 Å². The van der Waals surface area contributed by atoms with Crippen molar-refractivity contribution >= 4 is 5.88 Å². The van der Waals surface area contributed by atoms with Crippen molar-refractivity contribution in [1.82, 2.24) is 5.16 Å². The van der Waals surface area contributed by atoms with Crippen molar-refractivity contribution in [1.29, 1.82) is 0 Å². The predicted molar refractivity (Wildman–Crippen MR) is 71.7 cm³/mol. The van der Waals surface area contributed by atoms with Crippen LogP contribution in [0.25, 0.3) is 22.4 Å². The van der Waals surface area contributed by atoms with Crippen LogP contribution < -0.4 is 5.73 Å². The van der Waals surface area contributed by atoms with Crippen LogP contribution in [-0.2, 0) is 0 Å². The molecule has 0 fully saturated rings. The molecule has 0 saturated heterocycles. The summed E-state index contributed by atoms with van der Waals surface area (Å²) in [6, 6.07) is 8.83. The van der Waals surface area contributed by atoms with E-state index in [2.05, 4.69) is 5.16 Å². The van der Waals surface area contributed by atoms with Gasteiger partial charge in [-0.1, -0.05) is 17.3 Å². The second-order valence-electron chi connectivity index (χ2n) is 4.37. The number of halogens is 3. The third-order valence-corrected chi connectivity index (χ3v) is 3.05. The fourth-order valence-electron chi connectivity index (χ4n) is 2.09. The summed E-state index contributed by atoms with van der Waals surface area (Å²) in [5.41, 5.74) is 5.93. The van der Waals surface area contributed by atoms with Gasteiger partial charge in [0.15, 0.2) is 0 Å². The highest BCUT2D eigenvalue weighted by Crippen LogP contribution is 2.38. The Hall–Kier alpha value is -2.76. The molecular weight excluding hydrogens is 281 g/mol. The minimum atomic E-state index is -0.831. The molecule has 3 nitrogen and oxygen atoms in total. The van der Waals surface area contributed by atoms with Crippen molar-refractivity contribution in [2.45, 2.75) is 0 Å². The van der Waals surface area contributed by atoms with Gasteiger partial charge in [-0.15, -0.1) is 0 Å². The van der Waals surface area contributed by atoms with Gasteiger partial charge in [0.25, 0.3) is 0 Å². The van der Waals surface area contributed by atoms with Gasteiger partial charge >= 0.3 is 0 Å². The molecule has 0 aliphatic heterocycles. The van der Waals surface area contributed by atoms with Gasteiger partial charge in [-0.3, -0.25) is 0 Å². The van der Waals surface area contributed by atoms with Gasteiger partial charge in [0, 0.05) is 17.2 Å². The quantitative estimate of drug-likeness (QED) is 0.776. The zero-order valence-corrected chi connectivity index (χ0v) is 10.6. The van der Waals surface area contributed by atoms with Crippen LogP contribution in [0, 0.1) is 17.5 Å². The molecular formula is C15H9F3N2O. The van der Waals surface area contributed by atoms with E-state index in [0.717, 1.165) is 6.07 Å². The summed E-state index contributed by atoms with van der Waals surface area (Å²) in [4.78, 5) is 0. The number of nitrogen functional groups attached to an aromatic ring is 1. The highest BCUT2D eigenvalue weighted by atomic mass is 19.1. The molecule has 106 valence electrons. The predicted octanol–water partition coefficient (Wildman–Crippen LogP) is 4.01. The molecule has 2 aromatic carbocycles. The van der Waals surface area contributed by atoms with E-state index in [4.69, 9.17) is 10.3 Å². The third kappa shape index (κ3) is 2.24. The topological polar surface area (TPSA) is 52.0 Å². The molecule has 0 bridgehead atoms. The van der Waals surface area contributed by atoms with Crippen LogP contribution in [0.3, 0.4) is 0 Å². The molecule has 1 aromatic heterocycles. The van der Waals surface area contributed by atoms with E-state index in [-0.39, 0.29) is 28.3 Å². The summed E-state index contributed by atoms with van der Waals surface area (Å²) in [5, 5.41) is 3.69. The van der Waals surface area contributed by atoms with Crippen molar-refractivity contribution in [3.8, 4) is 22.4 Å². The first-order valence-electron chi connectivity index (χ1n) is 6.03. The van der Waals surface area contributed by atoms with Crippen molar-refractivity contribution in [3.63, 3.8) is 0 Å². The molecule has 0 spiro atoms. The molecule has 0 radical (unpaired) electrons. The first-order chi connectivity index (χ1) is 10.1. The molecule has 0 amide bonds. The third-order valence-electron chi connectivity index (χ3n) is 3.05. The summed E-state index contributed by atoms with van der Waals surface area (Å²) in [5.74, 6) is -2.27. The van der Waals surface area contributed by atoms with Gasteiger partial charge in [-0.25, -0.2) is 13.2 Å². The number of nitrogens with zero attached hydrogens (tertiary/aromatic N) is 1. The summed E-state index contributed by atoms with van der Waals surface area (Å²) < 4.78 is 45.7. The van der Waals surface area contributed by atoms with Crippen LogP contribution in [0.5, 0.6) is 0 Å². The first kappa shape index (κ1) is 13.2. The van der Waals surface area contributed by atoms with Gasteiger partial charge < -0.3 is 10.3 Å². The fourth-order valence-corrected chi connectivity index (χ4v) is 2.09. The normalized spacial score (nSPS) is 10.8. The number of hydrogen-bond donors (Lipinski definition) is 1. The molecule has 0 saturated carbocycles. The van der Waals surface area contributed by atoms with E-state index in [0.29, 0.717) is 6.07 Å². The zero-order chi connectivity index (χ0) is 15.0. The van der Waals surface area contributed by atoms with Crippen LogP contribution in [0.15, 0.2) is 47.0 Å². The molecule has 0 atom stereocenters. The highest BCUT2D eigenvalue weighted by molar-refractivity contribution is 5.87. The number of anilines is 1. The Labute approximate surface area is 117 Å². The maximum atomic E-state index is 13.9. The summed E-state index contributed by atoms with van der Waals surface area (Å²) in [7, 11) is 0. The van der Waals surface area contributed by atoms with E-state index in [1.54, 1.807) is 6.07 Å². The van der Waals surface area contributed by atoms with Crippen molar-refractivity contribution in [2.75, 3.05) is 5.73 Å². The Morgan fingerprint density at radius 2 is 1.67 bits per heavy atom. The monoisotopic (exact) mass is 290 g/mol. The van der Waals surface area contributed by atoms with E-state index in [1.165, 1.54) is 24.3 Å². The number of benzene rings is 2. The van der Waals surface area contributed by atoms with Crippen LogP contribution in [0.1, 0.15) is 0 Å². The van der Waals surface area contributed by atoms with Crippen LogP contribution >= 0.6 is 0 Å². The van der Waals surface area contributed by atoms with Gasteiger partial charge in [-0.05, 0) is 24.3 Å². The van der Waals surface area contributed by atoms with Gasteiger partial charge in [0.1, 0.15) is 23.1 Å². The number of aromatic nitrogens is 1. The highest BCUT2D eigenvalue weighted by Gasteiger charge is 2.22. The summed E-state index contributed by atoms with van der Waals surface area (Å²) in [6.45, 7) is 0. The van der Waals surface area contributed by atoms with Gasteiger partial charge in [0.05, 0.1) is 5.56 Å². The SMILES string of the molecule is Nc1onc(-c2ccccc2F)c1-c1ccc(F)cc1F. The van der Waals surface area contributed by atoms with Gasteiger partial charge in [0.2, 0.25) is 5.88 Å². The summed E-state index contributed by atoms with van der Waals surface area (Å²) >= 11 is 0. The Morgan fingerprint density at radius 3 is 2.38 bits per heavy atom. The Morgan fingerprint density at radius 1 is 0.905 bits per heavy atom. The maximum Gasteiger partial charge on any atom is 0.230 e. The van der Waals surface area contributed by atoms with Crippen LogP contribution in [-0.4, -0.2) is 5.16 Å². The average molecular weight is 290 g/mol. The van der Waals surface area contributed by atoms with E-state index >= 15 is 0 Å². The van der Waals surface area contributed by atoms with Crippen molar-refractivity contribution in [3.05, 3.63) is 59.9 Å². The second kappa shape index (κ2) is 4.97. The standard InChI is InChI=1S/C15H9F3N2O/c16-8-5-6-9(12(18)7-8)13-14(20-21-15(13)19)10-3-1-2-4-11(10)17/h1-7H,19H2. The minimum Gasteiger partial charge on any atom is -0.367 e. The second-order valence-corrected chi connectivity index (χ2v) is 4.37. The lowest BCUT2D eigenvalue weighted by molar-refractivity contribution is 0.439. The fraction of sp³-hybridized carbons (Fsp3) is 0. The Balaban J connectivity index is 2.25. The smallest absolute Gasteiger partial charge is 0.230 e. The maximum absolute atomic E-state index is 13.9. The van der Waals surface area contributed by atoms with Crippen LogP contribution in [0.2, 0.25) is 0 Å². The van der Waals surface area contributed by atoms with Gasteiger partial charge in [-0.2, -0.15) is 0 Å². The molecule has 6 heteroatoms. The Bertz CT molecular complexity index is 814. The lowest BCUT2D eigenvalue weighted by Crippen LogP contribution is -1.93. The zero-order valence-electron chi connectivity index (χ0n) is 10.6. The lowest BCUT2D eigenvalue weighted by atomic mass is 10.00. The van der Waals surface area contributed by atoms with Crippen LogP contribution in [0.4, 0.5) is 19.1 Å². The molecule has 3 aromatic rings. The van der Waals surface area contributed by atoms with E-state index in [9.17, 15) is 13.2 Å². The molecule has 0 unspecified atom stereocenters. The average Bonchev–Trinajstić information content (AvgIpc) is 2.81. The number of nitrogens with two attached hydrogens (primary N) is 1. The molecule has 0 aliphatic rings. The van der Waals surface area contributed by atoms with Crippen molar-refractivity contribution in [2.24, 2.45) is 0 Å². The first-order valence-corrected chi connectivity index (χ1v) is 6.03. The summed E-state index contributed by atoms with van der Waals surface area (Å²) in [6.07, 6.45) is 0. The molecule has 0 aliphatic carbocycles. The largest absolute Gasteiger partial charge is 0.367 e. The molecule has 1 heterocycles. The molecule has 21 heavy (non-hydrogen) atoms. The number of rotatable bonds is 2.